The number of likely N-dealkylation sites (tertiary alicyclic amines) is 1. The molecule has 6 nitrogen and oxygen atoms in total. The first-order valence-corrected chi connectivity index (χ1v) is 11.5. The maximum Gasteiger partial charge on any atom is 0.410 e. The first-order valence-electron chi connectivity index (χ1n) is 10.7. The van der Waals surface area contributed by atoms with Crippen molar-refractivity contribution in [2.75, 3.05) is 13.1 Å². The quantitative estimate of drug-likeness (QED) is 0.452. The van der Waals surface area contributed by atoms with Crippen molar-refractivity contribution in [2.24, 2.45) is 0 Å². The summed E-state index contributed by atoms with van der Waals surface area (Å²) >= 11 is 12.5. The third kappa shape index (κ3) is 5.30. The minimum atomic E-state index is -0.531. The highest BCUT2D eigenvalue weighted by Gasteiger charge is 2.29. The van der Waals surface area contributed by atoms with Crippen LogP contribution < -0.4 is 4.74 Å². The number of carbonyl (C=O) groups excluding carboxylic acids is 1. The zero-order valence-electron chi connectivity index (χ0n) is 18.5. The molecule has 0 bridgehead atoms. The van der Waals surface area contributed by atoms with Crippen molar-refractivity contribution >= 4 is 40.3 Å². The highest BCUT2D eigenvalue weighted by Crippen LogP contribution is 2.28. The number of hydrogen-bond acceptors (Lipinski definition) is 4. The Morgan fingerprint density at radius 2 is 1.97 bits per heavy atom. The topological polar surface area (TPSA) is 56.6 Å². The molecule has 1 amide bonds. The molecule has 170 valence electrons. The summed E-state index contributed by atoms with van der Waals surface area (Å²) in [4.78, 5) is 19.0. The van der Waals surface area contributed by atoms with Gasteiger partial charge in [0.25, 0.3) is 6.01 Å². The van der Waals surface area contributed by atoms with Crippen molar-refractivity contribution in [3.8, 4) is 6.01 Å². The van der Waals surface area contributed by atoms with Crippen LogP contribution in [0.15, 0.2) is 42.5 Å². The van der Waals surface area contributed by atoms with E-state index < -0.39 is 5.60 Å². The number of ether oxygens (including phenoxy) is 2. The molecule has 1 fully saturated rings. The smallest absolute Gasteiger partial charge is 0.410 e. The molecule has 1 aromatic heterocycles. The SMILES string of the molecule is CC(C)(C)OC(=O)N1CCC[C@@H](Oc2nc3ccccc3n2Cc2ccc(Cl)cc2Cl)C1. The van der Waals surface area contributed by atoms with Crippen LogP contribution in [0.1, 0.15) is 39.2 Å². The van der Waals surface area contributed by atoms with Crippen molar-refractivity contribution in [2.45, 2.75) is 51.9 Å². The van der Waals surface area contributed by atoms with Crippen LogP contribution in [0.5, 0.6) is 6.01 Å². The van der Waals surface area contributed by atoms with Crippen LogP contribution >= 0.6 is 23.2 Å². The average Bonchev–Trinajstić information content (AvgIpc) is 3.06. The Balaban J connectivity index is 1.57. The number of benzene rings is 2. The van der Waals surface area contributed by atoms with Gasteiger partial charge in [0.05, 0.1) is 24.1 Å². The lowest BCUT2D eigenvalue weighted by Gasteiger charge is -2.34. The van der Waals surface area contributed by atoms with E-state index in [-0.39, 0.29) is 12.2 Å². The minimum Gasteiger partial charge on any atom is -0.459 e. The van der Waals surface area contributed by atoms with E-state index in [4.69, 9.17) is 37.7 Å². The number of fused-ring (bicyclic) bond motifs is 1. The summed E-state index contributed by atoms with van der Waals surface area (Å²) in [6, 6.07) is 13.9. The van der Waals surface area contributed by atoms with Crippen molar-refractivity contribution in [3.05, 3.63) is 58.1 Å². The number of nitrogens with zero attached hydrogens (tertiary/aromatic N) is 3. The normalized spacial score (nSPS) is 16.9. The fourth-order valence-electron chi connectivity index (χ4n) is 3.79. The molecule has 1 aliphatic rings. The second-order valence-electron chi connectivity index (χ2n) is 9.01. The number of aromatic nitrogens is 2. The second kappa shape index (κ2) is 9.20. The largest absolute Gasteiger partial charge is 0.459 e. The van der Waals surface area contributed by atoms with Gasteiger partial charge in [0.1, 0.15) is 11.7 Å². The van der Waals surface area contributed by atoms with Crippen LogP contribution in [0.3, 0.4) is 0 Å². The molecule has 0 N–H and O–H groups in total. The molecule has 32 heavy (non-hydrogen) atoms. The molecule has 0 aliphatic carbocycles. The van der Waals surface area contributed by atoms with E-state index in [1.165, 1.54) is 0 Å². The maximum atomic E-state index is 12.5. The van der Waals surface area contributed by atoms with E-state index in [1.54, 1.807) is 11.0 Å². The lowest BCUT2D eigenvalue weighted by atomic mass is 10.1. The fraction of sp³-hybridized carbons (Fsp3) is 0.417. The molecule has 1 atom stereocenters. The zero-order chi connectivity index (χ0) is 22.9. The van der Waals surface area contributed by atoms with Crippen LogP contribution in [-0.4, -0.2) is 45.3 Å². The van der Waals surface area contributed by atoms with Crippen molar-refractivity contribution in [3.63, 3.8) is 0 Å². The van der Waals surface area contributed by atoms with Crippen LogP contribution in [0.4, 0.5) is 4.79 Å². The van der Waals surface area contributed by atoms with E-state index in [2.05, 4.69) is 0 Å². The molecule has 0 spiro atoms. The fourth-order valence-corrected chi connectivity index (χ4v) is 4.26. The molecule has 3 aromatic rings. The number of halogens is 2. The van der Waals surface area contributed by atoms with Gasteiger partial charge in [0, 0.05) is 16.6 Å². The van der Waals surface area contributed by atoms with Crippen molar-refractivity contribution in [1.82, 2.24) is 14.5 Å². The monoisotopic (exact) mass is 475 g/mol. The van der Waals surface area contributed by atoms with E-state index in [1.807, 2.05) is 61.7 Å². The predicted molar refractivity (Wildman–Crippen MR) is 127 cm³/mol. The summed E-state index contributed by atoms with van der Waals surface area (Å²) in [7, 11) is 0. The maximum absolute atomic E-state index is 12.5. The Hall–Kier alpha value is -2.44. The number of amides is 1. The molecule has 1 aliphatic heterocycles. The van der Waals surface area contributed by atoms with Gasteiger partial charge in [-0.25, -0.2) is 4.79 Å². The minimum absolute atomic E-state index is 0.174. The molecule has 4 rings (SSSR count). The third-order valence-electron chi connectivity index (χ3n) is 5.27. The summed E-state index contributed by atoms with van der Waals surface area (Å²) in [6.45, 7) is 7.22. The molecular weight excluding hydrogens is 449 g/mol. The number of rotatable bonds is 4. The van der Waals surface area contributed by atoms with Gasteiger partial charge in [-0.3, -0.25) is 4.57 Å². The van der Waals surface area contributed by atoms with E-state index in [0.29, 0.717) is 35.7 Å². The van der Waals surface area contributed by atoms with Gasteiger partial charge in [-0.1, -0.05) is 41.4 Å². The number of hydrogen-bond donors (Lipinski definition) is 0. The van der Waals surface area contributed by atoms with Crippen LogP contribution in [0, 0.1) is 0 Å². The predicted octanol–water partition coefficient (Wildman–Crippen LogP) is 6.17. The van der Waals surface area contributed by atoms with E-state index >= 15 is 0 Å². The van der Waals surface area contributed by atoms with Gasteiger partial charge in [-0.2, -0.15) is 4.98 Å². The summed E-state index contributed by atoms with van der Waals surface area (Å²) < 4.78 is 13.9. The number of imidazole rings is 1. The molecule has 1 saturated heterocycles. The highest BCUT2D eigenvalue weighted by molar-refractivity contribution is 6.35. The molecular formula is C24H27Cl2N3O3. The number of para-hydroxylation sites is 2. The first-order chi connectivity index (χ1) is 15.2. The lowest BCUT2D eigenvalue weighted by Crippen LogP contribution is -2.46. The molecule has 0 radical (unpaired) electrons. The summed E-state index contributed by atoms with van der Waals surface area (Å²) in [5, 5.41) is 1.19. The van der Waals surface area contributed by atoms with Crippen LogP contribution in [0.25, 0.3) is 11.0 Å². The first kappa shape index (κ1) is 22.7. The molecule has 0 saturated carbocycles. The molecule has 0 unspecified atom stereocenters. The van der Waals surface area contributed by atoms with Gasteiger partial charge < -0.3 is 14.4 Å². The van der Waals surface area contributed by atoms with Crippen molar-refractivity contribution < 1.29 is 14.3 Å². The van der Waals surface area contributed by atoms with Gasteiger partial charge >= 0.3 is 6.09 Å². The molecule has 2 heterocycles. The summed E-state index contributed by atoms with van der Waals surface area (Å²) in [5.74, 6) is 0. The molecule has 8 heteroatoms. The highest BCUT2D eigenvalue weighted by atomic mass is 35.5. The standard InChI is InChI=1S/C24H27Cl2N3O3/c1-24(2,3)32-23(30)28-12-6-7-18(15-28)31-22-27-20-8-4-5-9-21(20)29(22)14-16-10-11-17(25)13-19(16)26/h4-5,8-11,13,18H,6-7,12,14-15H2,1-3H3/t18-/m1/s1. The Morgan fingerprint density at radius 1 is 1.19 bits per heavy atom. The number of piperidine rings is 1. The van der Waals surface area contributed by atoms with Crippen molar-refractivity contribution in [1.29, 1.82) is 0 Å². The summed E-state index contributed by atoms with van der Waals surface area (Å²) in [6.07, 6.45) is 1.19. The van der Waals surface area contributed by atoms with Crippen LogP contribution in [0.2, 0.25) is 10.0 Å². The Morgan fingerprint density at radius 3 is 2.72 bits per heavy atom. The Bertz CT molecular complexity index is 1120. The van der Waals surface area contributed by atoms with Gasteiger partial charge in [0.2, 0.25) is 0 Å². The zero-order valence-corrected chi connectivity index (χ0v) is 20.0. The number of carbonyl (C=O) groups is 1. The van der Waals surface area contributed by atoms with Gasteiger partial charge in [0.15, 0.2) is 0 Å². The van der Waals surface area contributed by atoms with E-state index in [9.17, 15) is 4.79 Å². The Labute approximate surface area is 198 Å². The lowest BCUT2D eigenvalue weighted by molar-refractivity contribution is 0.00626. The Kier molecular flexibility index (Phi) is 6.54. The van der Waals surface area contributed by atoms with Gasteiger partial charge in [-0.05, 0) is 63.4 Å². The second-order valence-corrected chi connectivity index (χ2v) is 9.86. The van der Waals surface area contributed by atoms with Gasteiger partial charge in [-0.15, -0.1) is 0 Å². The van der Waals surface area contributed by atoms with Crippen LogP contribution in [-0.2, 0) is 11.3 Å². The third-order valence-corrected chi connectivity index (χ3v) is 5.85. The molecule has 2 aromatic carbocycles. The average molecular weight is 476 g/mol. The summed E-state index contributed by atoms with van der Waals surface area (Å²) in [5.41, 5.74) is 2.18. The van der Waals surface area contributed by atoms with E-state index in [0.717, 1.165) is 29.4 Å².